The average molecular weight is 498 g/mol. The van der Waals surface area contributed by atoms with E-state index in [0.717, 1.165) is 54.0 Å². The van der Waals surface area contributed by atoms with E-state index in [9.17, 15) is 0 Å². The molecule has 8 nitrogen and oxygen atoms in total. The van der Waals surface area contributed by atoms with Gasteiger partial charge in [-0.3, -0.25) is 4.90 Å². The molecule has 0 unspecified atom stereocenters. The molecule has 3 aromatic carbocycles. The smallest absolute Gasteiger partial charge is 0.186 e. The monoisotopic (exact) mass is 497 g/mol. The predicted octanol–water partition coefficient (Wildman–Crippen LogP) is 4.25. The van der Waals surface area contributed by atoms with Gasteiger partial charge in [-0.2, -0.15) is 0 Å². The number of hydrogen-bond acceptors (Lipinski definition) is 8. The zero-order chi connectivity index (χ0) is 24.3. The van der Waals surface area contributed by atoms with Gasteiger partial charge in [0.15, 0.2) is 11.0 Å². The molecule has 1 aliphatic heterocycles. The van der Waals surface area contributed by atoms with Crippen molar-refractivity contribution < 1.29 is 4.74 Å². The van der Waals surface area contributed by atoms with Crippen LogP contribution in [0.2, 0.25) is 0 Å². The second-order valence-electron chi connectivity index (χ2n) is 8.84. The number of thiazole rings is 1. The maximum absolute atomic E-state index is 5.40. The highest BCUT2D eigenvalue weighted by Crippen LogP contribution is 2.33. The van der Waals surface area contributed by atoms with E-state index in [1.54, 1.807) is 18.4 Å². The van der Waals surface area contributed by atoms with Gasteiger partial charge in [-0.05, 0) is 45.8 Å². The number of para-hydroxylation sites is 1. The third kappa shape index (κ3) is 4.55. The fourth-order valence-corrected chi connectivity index (χ4v) is 5.77. The molecule has 0 amide bonds. The van der Waals surface area contributed by atoms with Crippen molar-refractivity contribution in [2.24, 2.45) is 0 Å². The predicted molar refractivity (Wildman–Crippen MR) is 142 cm³/mol. The first-order chi connectivity index (χ1) is 17.8. The fourth-order valence-electron chi connectivity index (χ4n) is 4.75. The lowest BCUT2D eigenvalue weighted by molar-refractivity contribution is 0.201. The maximum atomic E-state index is 5.40. The minimum atomic E-state index is -0.0628. The summed E-state index contributed by atoms with van der Waals surface area (Å²) in [6, 6.07) is 26.8. The molecular formula is C27H27N7OS. The summed E-state index contributed by atoms with van der Waals surface area (Å²) in [4.78, 5) is 9.73. The van der Waals surface area contributed by atoms with Crippen molar-refractivity contribution in [1.29, 1.82) is 0 Å². The molecule has 0 bridgehead atoms. The number of benzene rings is 3. The Hall–Kier alpha value is -3.82. The molecule has 1 fully saturated rings. The summed E-state index contributed by atoms with van der Waals surface area (Å²) >= 11 is 1.76. The van der Waals surface area contributed by atoms with E-state index >= 15 is 0 Å². The summed E-state index contributed by atoms with van der Waals surface area (Å²) in [5, 5.41) is 14.0. The molecule has 3 heterocycles. The minimum absolute atomic E-state index is 0.0628. The van der Waals surface area contributed by atoms with Crippen molar-refractivity contribution in [1.82, 2.24) is 30.1 Å². The summed E-state index contributed by atoms with van der Waals surface area (Å²) in [5.74, 6) is 1.68. The largest absolute Gasteiger partial charge is 0.497 e. The quantitative estimate of drug-likeness (QED) is 0.333. The molecule has 1 atom stereocenters. The Morgan fingerprint density at radius 3 is 2.39 bits per heavy atom. The molecule has 0 radical (unpaired) electrons. The Balaban J connectivity index is 1.28. The van der Waals surface area contributed by atoms with E-state index in [1.165, 1.54) is 10.3 Å². The summed E-state index contributed by atoms with van der Waals surface area (Å²) in [6.07, 6.45) is 0. The van der Waals surface area contributed by atoms with Crippen LogP contribution in [0.4, 0.5) is 5.13 Å². The number of methoxy groups -OCH3 is 1. The van der Waals surface area contributed by atoms with Gasteiger partial charge in [-0.15, -0.1) is 5.10 Å². The van der Waals surface area contributed by atoms with Gasteiger partial charge in [0, 0.05) is 26.2 Å². The molecule has 2 aromatic heterocycles. The van der Waals surface area contributed by atoms with Crippen molar-refractivity contribution in [2.45, 2.75) is 12.6 Å². The molecule has 5 aromatic rings. The van der Waals surface area contributed by atoms with Crippen LogP contribution in [0.25, 0.3) is 10.2 Å². The second-order valence-corrected chi connectivity index (χ2v) is 9.85. The first kappa shape index (κ1) is 22.6. The lowest BCUT2D eigenvalue weighted by atomic mass is 10.0. The molecule has 0 spiro atoms. The zero-order valence-electron chi connectivity index (χ0n) is 20.1. The van der Waals surface area contributed by atoms with Gasteiger partial charge in [0.1, 0.15) is 5.75 Å². The number of anilines is 1. The van der Waals surface area contributed by atoms with Gasteiger partial charge >= 0.3 is 0 Å². The highest BCUT2D eigenvalue weighted by molar-refractivity contribution is 7.22. The summed E-state index contributed by atoms with van der Waals surface area (Å²) in [6.45, 7) is 4.18. The molecular weight excluding hydrogens is 470 g/mol. The van der Waals surface area contributed by atoms with Gasteiger partial charge < -0.3 is 9.64 Å². The second kappa shape index (κ2) is 10.0. The third-order valence-corrected chi connectivity index (χ3v) is 7.74. The molecule has 1 saturated heterocycles. The number of fused-ring (bicyclic) bond motifs is 1. The van der Waals surface area contributed by atoms with Crippen molar-refractivity contribution in [3.05, 3.63) is 95.8 Å². The Kier molecular flexibility index (Phi) is 6.31. The van der Waals surface area contributed by atoms with Gasteiger partial charge in [-0.1, -0.05) is 65.9 Å². The lowest BCUT2D eigenvalue weighted by Gasteiger charge is -2.38. The van der Waals surface area contributed by atoms with E-state index in [2.05, 4.69) is 67.8 Å². The Bertz CT molecular complexity index is 1390. The number of aromatic nitrogens is 5. The van der Waals surface area contributed by atoms with Crippen molar-refractivity contribution in [3.8, 4) is 5.75 Å². The average Bonchev–Trinajstić information content (AvgIpc) is 3.57. The van der Waals surface area contributed by atoms with Gasteiger partial charge in [0.25, 0.3) is 0 Å². The summed E-state index contributed by atoms with van der Waals surface area (Å²) in [5.41, 5.74) is 3.38. The number of tetrazole rings is 1. The van der Waals surface area contributed by atoms with Crippen molar-refractivity contribution >= 4 is 26.7 Å². The van der Waals surface area contributed by atoms with Crippen LogP contribution in [-0.4, -0.2) is 63.4 Å². The van der Waals surface area contributed by atoms with Crippen LogP contribution in [0, 0.1) is 0 Å². The molecule has 0 saturated carbocycles. The Morgan fingerprint density at radius 2 is 1.64 bits per heavy atom. The van der Waals surface area contributed by atoms with E-state index in [-0.39, 0.29) is 6.04 Å². The highest BCUT2D eigenvalue weighted by Gasteiger charge is 2.31. The molecule has 9 heteroatoms. The first-order valence-electron chi connectivity index (χ1n) is 12.1. The molecule has 0 N–H and O–H groups in total. The minimum Gasteiger partial charge on any atom is -0.497 e. The lowest BCUT2D eigenvalue weighted by Crippen LogP contribution is -2.48. The number of hydrogen-bond donors (Lipinski definition) is 0. The van der Waals surface area contributed by atoms with Crippen LogP contribution in [-0.2, 0) is 6.54 Å². The van der Waals surface area contributed by atoms with Crippen molar-refractivity contribution in [3.63, 3.8) is 0 Å². The number of piperazine rings is 1. The van der Waals surface area contributed by atoms with Crippen LogP contribution >= 0.6 is 11.3 Å². The Labute approximate surface area is 213 Å². The Morgan fingerprint density at radius 1 is 0.889 bits per heavy atom. The summed E-state index contributed by atoms with van der Waals surface area (Å²) in [7, 11) is 1.69. The molecule has 6 rings (SSSR count). The van der Waals surface area contributed by atoms with Crippen LogP contribution in [0.1, 0.15) is 23.0 Å². The van der Waals surface area contributed by atoms with E-state index < -0.39 is 0 Å². The number of nitrogens with zero attached hydrogens (tertiary/aromatic N) is 7. The standard InChI is InChI=1S/C27H27N7OS/c1-35-22-13-11-21(12-14-22)25(26-29-30-31-34(26)19-20-7-3-2-4-8-20)32-15-17-33(18-16-32)27-28-23-9-5-6-10-24(23)36-27/h2-14,25H,15-19H2,1H3/t25-/m0/s1. The van der Waals surface area contributed by atoms with Gasteiger partial charge in [-0.25, -0.2) is 9.67 Å². The van der Waals surface area contributed by atoms with E-state index in [1.807, 2.05) is 41.1 Å². The fraction of sp³-hybridized carbons (Fsp3) is 0.259. The normalized spacial score (nSPS) is 15.3. The van der Waals surface area contributed by atoms with Crippen LogP contribution in [0.15, 0.2) is 78.9 Å². The number of rotatable bonds is 7. The zero-order valence-corrected chi connectivity index (χ0v) is 20.9. The topological polar surface area (TPSA) is 72.2 Å². The van der Waals surface area contributed by atoms with Crippen LogP contribution in [0.3, 0.4) is 0 Å². The van der Waals surface area contributed by atoms with Crippen LogP contribution in [0.5, 0.6) is 5.75 Å². The first-order valence-corrected chi connectivity index (χ1v) is 12.9. The molecule has 0 aliphatic carbocycles. The molecule has 182 valence electrons. The highest BCUT2D eigenvalue weighted by atomic mass is 32.1. The van der Waals surface area contributed by atoms with Gasteiger partial charge in [0.05, 0.1) is 29.9 Å². The number of ether oxygens (including phenoxy) is 1. The molecule has 1 aliphatic rings. The van der Waals surface area contributed by atoms with Crippen molar-refractivity contribution in [2.75, 3.05) is 38.2 Å². The van der Waals surface area contributed by atoms with E-state index in [0.29, 0.717) is 6.54 Å². The van der Waals surface area contributed by atoms with Crippen LogP contribution < -0.4 is 9.64 Å². The maximum Gasteiger partial charge on any atom is 0.186 e. The van der Waals surface area contributed by atoms with Gasteiger partial charge in [0.2, 0.25) is 0 Å². The third-order valence-electron chi connectivity index (χ3n) is 6.64. The van der Waals surface area contributed by atoms with E-state index in [4.69, 9.17) is 9.72 Å². The summed E-state index contributed by atoms with van der Waals surface area (Å²) < 4.78 is 8.55. The SMILES string of the molecule is COc1ccc([C@@H](c2nnnn2Cc2ccccc2)N2CCN(c3nc4ccccc4s3)CC2)cc1. The molecule has 36 heavy (non-hydrogen) atoms.